The molecule has 1 saturated carbocycles. The molecule has 1 unspecified atom stereocenters. The van der Waals surface area contributed by atoms with E-state index in [4.69, 9.17) is 0 Å². The van der Waals surface area contributed by atoms with Crippen molar-refractivity contribution in [2.75, 3.05) is 0 Å². The molecule has 2 nitrogen and oxygen atoms in total. The summed E-state index contributed by atoms with van der Waals surface area (Å²) in [5, 5.41) is 9.59. The molecule has 88 valence electrons. The third-order valence-electron chi connectivity index (χ3n) is 4.23. The number of nitriles is 1. The third kappa shape index (κ3) is 1.50. The highest BCUT2D eigenvalue weighted by Crippen LogP contribution is 2.51. The van der Waals surface area contributed by atoms with Gasteiger partial charge in [-0.3, -0.25) is 4.79 Å². The lowest BCUT2D eigenvalue weighted by Crippen LogP contribution is -2.39. The largest absolute Gasteiger partial charge is 0.299 e. The van der Waals surface area contributed by atoms with Crippen LogP contribution in [0.2, 0.25) is 0 Å². The van der Waals surface area contributed by atoms with Crippen LogP contribution in [0, 0.1) is 23.7 Å². The van der Waals surface area contributed by atoms with Crippen LogP contribution in [0.3, 0.4) is 0 Å². The lowest BCUT2D eigenvalue weighted by Gasteiger charge is -2.34. The molecule has 2 rings (SSSR count). The second-order valence-corrected chi connectivity index (χ2v) is 5.43. The first-order valence-corrected chi connectivity index (χ1v) is 5.96. The second-order valence-electron chi connectivity index (χ2n) is 5.43. The number of ketones is 1. The Hall–Kier alpha value is -1.62. The van der Waals surface area contributed by atoms with Crippen molar-refractivity contribution in [2.24, 2.45) is 5.41 Å². The lowest BCUT2D eigenvalue weighted by atomic mass is 9.64. The fourth-order valence-electron chi connectivity index (χ4n) is 2.77. The number of Topliss-reactive ketones (excluding diaryl/α,β-unsaturated/α-hetero) is 1. The maximum atomic E-state index is 12.0. The molecule has 17 heavy (non-hydrogen) atoms. The summed E-state index contributed by atoms with van der Waals surface area (Å²) < 4.78 is 0. The SMILES string of the molecule is Cc1ccc(C2(C#N)CCC(=O)C2(C)C)cc1. The summed E-state index contributed by atoms with van der Waals surface area (Å²) in [7, 11) is 0. The number of carbonyl (C=O) groups is 1. The molecule has 1 aliphatic rings. The molecule has 0 aliphatic heterocycles. The standard InChI is InChI=1S/C15H17NO/c1-11-4-6-12(7-5-11)15(10-16)9-8-13(17)14(15,2)3/h4-7H,8-9H2,1-3H3. The first-order chi connectivity index (χ1) is 7.94. The molecule has 1 aliphatic carbocycles. The van der Waals surface area contributed by atoms with Gasteiger partial charge in [0.25, 0.3) is 0 Å². The van der Waals surface area contributed by atoms with E-state index in [0.29, 0.717) is 12.8 Å². The van der Waals surface area contributed by atoms with Gasteiger partial charge in [-0.1, -0.05) is 43.7 Å². The van der Waals surface area contributed by atoms with Gasteiger partial charge < -0.3 is 0 Å². The first kappa shape index (κ1) is 11.9. The normalized spacial score (nSPS) is 26.8. The predicted molar refractivity (Wildman–Crippen MR) is 66.5 cm³/mol. The van der Waals surface area contributed by atoms with Crippen molar-refractivity contribution in [1.29, 1.82) is 5.26 Å². The van der Waals surface area contributed by atoms with E-state index >= 15 is 0 Å². The van der Waals surface area contributed by atoms with E-state index in [1.54, 1.807) is 0 Å². The average Bonchev–Trinajstić information content (AvgIpc) is 2.53. The first-order valence-electron chi connectivity index (χ1n) is 5.96. The van der Waals surface area contributed by atoms with Crippen molar-refractivity contribution in [2.45, 2.75) is 39.0 Å². The van der Waals surface area contributed by atoms with Gasteiger partial charge >= 0.3 is 0 Å². The highest BCUT2D eigenvalue weighted by molar-refractivity contribution is 5.89. The predicted octanol–water partition coefficient (Wildman–Crippen LogP) is 3.15. The highest BCUT2D eigenvalue weighted by Gasteiger charge is 2.55. The molecule has 0 aromatic heterocycles. The summed E-state index contributed by atoms with van der Waals surface area (Å²) in [6, 6.07) is 10.4. The summed E-state index contributed by atoms with van der Waals surface area (Å²) >= 11 is 0. The van der Waals surface area contributed by atoms with Gasteiger partial charge in [0.2, 0.25) is 0 Å². The monoisotopic (exact) mass is 227 g/mol. The fraction of sp³-hybridized carbons (Fsp3) is 0.467. The Morgan fingerprint density at radius 2 is 1.82 bits per heavy atom. The molecule has 0 saturated heterocycles. The molecule has 1 atom stereocenters. The zero-order valence-electron chi connectivity index (χ0n) is 10.6. The number of rotatable bonds is 1. The van der Waals surface area contributed by atoms with Gasteiger partial charge in [-0.05, 0) is 18.9 Å². The minimum Gasteiger partial charge on any atom is -0.299 e. The Morgan fingerprint density at radius 1 is 1.24 bits per heavy atom. The van der Waals surface area contributed by atoms with Gasteiger partial charge in [-0.15, -0.1) is 0 Å². The average molecular weight is 227 g/mol. The Bertz CT molecular complexity index is 493. The van der Waals surface area contributed by atoms with Crippen LogP contribution >= 0.6 is 0 Å². The Kier molecular flexibility index (Phi) is 2.58. The summed E-state index contributed by atoms with van der Waals surface area (Å²) in [6.45, 7) is 5.81. The van der Waals surface area contributed by atoms with E-state index in [2.05, 4.69) is 6.07 Å². The zero-order chi connectivity index (χ0) is 12.7. The van der Waals surface area contributed by atoms with Crippen LogP contribution in [0.4, 0.5) is 0 Å². The van der Waals surface area contributed by atoms with E-state index in [-0.39, 0.29) is 5.78 Å². The Balaban J connectivity index is 2.57. The molecule has 2 heteroatoms. The molecule has 0 amide bonds. The fourth-order valence-corrected chi connectivity index (χ4v) is 2.77. The summed E-state index contributed by atoms with van der Waals surface area (Å²) in [5.41, 5.74) is 0.903. The topological polar surface area (TPSA) is 40.9 Å². The van der Waals surface area contributed by atoms with Crippen molar-refractivity contribution in [1.82, 2.24) is 0 Å². The summed E-state index contributed by atoms with van der Waals surface area (Å²) in [6.07, 6.45) is 1.15. The van der Waals surface area contributed by atoms with E-state index in [9.17, 15) is 10.1 Å². The molecule has 1 aromatic rings. The van der Waals surface area contributed by atoms with Crippen molar-refractivity contribution >= 4 is 5.78 Å². The van der Waals surface area contributed by atoms with Gasteiger partial charge in [0, 0.05) is 11.8 Å². The van der Waals surface area contributed by atoms with Crippen LogP contribution in [0.1, 0.15) is 37.8 Å². The maximum Gasteiger partial charge on any atom is 0.140 e. The molecular formula is C15H17NO. The van der Waals surface area contributed by atoms with Gasteiger partial charge in [0.05, 0.1) is 11.5 Å². The number of hydrogen-bond donors (Lipinski definition) is 0. The molecular weight excluding hydrogens is 210 g/mol. The van der Waals surface area contributed by atoms with Gasteiger partial charge in [0.1, 0.15) is 5.78 Å². The number of carbonyl (C=O) groups excluding carboxylic acids is 1. The van der Waals surface area contributed by atoms with E-state index < -0.39 is 10.8 Å². The summed E-state index contributed by atoms with van der Waals surface area (Å²) in [4.78, 5) is 12.0. The van der Waals surface area contributed by atoms with Gasteiger partial charge in [-0.2, -0.15) is 5.26 Å². The van der Waals surface area contributed by atoms with Crippen LogP contribution in [-0.4, -0.2) is 5.78 Å². The molecule has 0 bridgehead atoms. The second kappa shape index (κ2) is 3.70. The number of benzene rings is 1. The Labute approximate surface area is 102 Å². The van der Waals surface area contributed by atoms with Crippen LogP contribution in [0.25, 0.3) is 0 Å². The van der Waals surface area contributed by atoms with Gasteiger partial charge in [-0.25, -0.2) is 0 Å². The molecule has 0 heterocycles. The lowest BCUT2D eigenvalue weighted by molar-refractivity contribution is -0.125. The van der Waals surface area contributed by atoms with Crippen LogP contribution < -0.4 is 0 Å². The summed E-state index contributed by atoms with van der Waals surface area (Å²) in [5.74, 6) is 0.194. The maximum absolute atomic E-state index is 12.0. The minimum atomic E-state index is -0.655. The van der Waals surface area contributed by atoms with E-state index in [0.717, 1.165) is 5.56 Å². The zero-order valence-corrected chi connectivity index (χ0v) is 10.6. The minimum absolute atomic E-state index is 0.194. The van der Waals surface area contributed by atoms with Crippen LogP contribution in [-0.2, 0) is 10.2 Å². The van der Waals surface area contributed by atoms with Crippen molar-refractivity contribution < 1.29 is 4.79 Å². The Morgan fingerprint density at radius 3 is 2.24 bits per heavy atom. The number of hydrogen-bond acceptors (Lipinski definition) is 2. The van der Waals surface area contributed by atoms with Crippen LogP contribution in [0.15, 0.2) is 24.3 Å². The van der Waals surface area contributed by atoms with Crippen molar-refractivity contribution in [3.63, 3.8) is 0 Å². The number of nitrogens with zero attached hydrogens (tertiary/aromatic N) is 1. The van der Waals surface area contributed by atoms with Gasteiger partial charge in [0.15, 0.2) is 0 Å². The highest BCUT2D eigenvalue weighted by atomic mass is 16.1. The number of aryl methyl sites for hydroxylation is 1. The quantitative estimate of drug-likeness (QED) is 0.739. The van der Waals surface area contributed by atoms with Crippen LogP contribution in [0.5, 0.6) is 0 Å². The van der Waals surface area contributed by atoms with E-state index in [1.165, 1.54) is 5.56 Å². The molecule has 0 radical (unpaired) electrons. The third-order valence-corrected chi connectivity index (χ3v) is 4.23. The molecule has 1 fully saturated rings. The van der Waals surface area contributed by atoms with Crippen molar-refractivity contribution in [3.8, 4) is 6.07 Å². The molecule has 0 spiro atoms. The molecule has 0 N–H and O–H groups in total. The van der Waals surface area contributed by atoms with Crippen molar-refractivity contribution in [3.05, 3.63) is 35.4 Å². The molecule has 1 aromatic carbocycles. The van der Waals surface area contributed by atoms with E-state index in [1.807, 2.05) is 45.0 Å². The smallest absolute Gasteiger partial charge is 0.140 e.